The Hall–Kier alpha value is -2.14. The average Bonchev–Trinajstić information content (AvgIpc) is 2.98. The van der Waals surface area contributed by atoms with Crippen LogP contribution < -0.4 is 5.73 Å². The standard InChI is InChI=1S/C15H19N5/c1-11-5-3-4-6-12(11)7-8-14-18-20-10-13(9-16)17-15(20)19(14)2/h3-6,10H,7-9,16H2,1-2H3. The molecule has 0 spiro atoms. The molecule has 2 N–H and O–H groups in total. The Kier molecular flexibility index (Phi) is 3.28. The van der Waals surface area contributed by atoms with E-state index >= 15 is 0 Å². The summed E-state index contributed by atoms with van der Waals surface area (Å²) in [7, 11) is 2.00. The summed E-state index contributed by atoms with van der Waals surface area (Å²) in [4.78, 5) is 4.46. The van der Waals surface area contributed by atoms with Crippen molar-refractivity contribution < 1.29 is 0 Å². The summed E-state index contributed by atoms with van der Waals surface area (Å²) < 4.78 is 3.85. The number of fused-ring (bicyclic) bond motifs is 1. The zero-order chi connectivity index (χ0) is 14.1. The minimum Gasteiger partial charge on any atom is -0.325 e. The fraction of sp³-hybridized carbons (Fsp3) is 0.333. The maximum atomic E-state index is 5.60. The molecule has 0 amide bonds. The van der Waals surface area contributed by atoms with Gasteiger partial charge in [0.2, 0.25) is 5.78 Å². The van der Waals surface area contributed by atoms with Crippen molar-refractivity contribution in [2.24, 2.45) is 12.8 Å². The maximum Gasteiger partial charge on any atom is 0.232 e. The molecule has 2 heterocycles. The third-order valence-corrected chi connectivity index (χ3v) is 3.72. The number of aryl methyl sites for hydroxylation is 4. The molecule has 3 aromatic rings. The molecular formula is C15H19N5. The lowest BCUT2D eigenvalue weighted by Gasteiger charge is -2.04. The second-order valence-electron chi connectivity index (χ2n) is 5.08. The van der Waals surface area contributed by atoms with Crippen LogP contribution in [0.5, 0.6) is 0 Å². The van der Waals surface area contributed by atoms with Crippen LogP contribution in [0.2, 0.25) is 0 Å². The first-order valence-electron chi connectivity index (χ1n) is 6.83. The van der Waals surface area contributed by atoms with E-state index in [4.69, 9.17) is 5.73 Å². The lowest BCUT2D eigenvalue weighted by molar-refractivity contribution is 0.765. The van der Waals surface area contributed by atoms with E-state index in [0.717, 1.165) is 30.1 Å². The minimum atomic E-state index is 0.446. The van der Waals surface area contributed by atoms with Gasteiger partial charge in [-0.2, -0.15) is 5.10 Å². The predicted molar refractivity (Wildman–Crippen MR) is 78.4 cm³/mol. The van der Waals surface area contributed by atoms with Crippen molar-refractivity contribution >= 4 is 5.78 Å². The fourth-order valence-corrected chi connectivity index (χ4v) is 2.47. The lowest BCUT2D eigenvalue weighted by atomic mass is 10.0. The Bertz CT molecular complexity index is 738. The molecule has 0 saturated heterocycles. The van der Waals surface area contributed by atoms with Crippen LogP contribution in [0.1, 0.15) is 22.6 Å². The van der Waals surface area contributed by atoms with Crippen molar-refractivity contribution in [3.63, 3.8) is 0 Å². The van der Waals surface area contributed by atoms with Crippen LogP contribution in [0.4, 0.5) is 0 Å². The van der Waals surface area contributed by atoms with Gasteiger partial charge >= 0.3 is 0 Å². The minimum absolute atomic E-state index is 0.446. The molecule has 0 aliphatic rings. The number of aromatic nitrogens is 4. The number of imidazole rings is 1. The number of nitrogens with two attached hydrogens (primary N) is 1. The highest BCUT2D eigenvalue weighted by Crippen LogP contribution is 2.12. The molecule has 0 saturated carbocycles. The summed E-state index contributed by atoms with van der Waals surface area (Å²) in [6.07, 6.45) is 3.79. The van der Waals surface area contributed by atoms with Gasteiger partial charge in [0.05, 0.1) is 11.9 Å². The Morgan fingerprint density at radius 2 is 2.00 bits per heavy atom. The van der Waals surface area contributed by atoms with E-state index in [1.54, 1.807) is 0 Å². The zero-order valence-electron chi connectivity index (χ0n) is 11.9. The van der Waals surface area contributed by atoms with E-state index in [1.807, 2.05) is 22.3 Å². The van der Waals surface area contributed by atoms with Crippen molar-refractivity contribution in [1.29, 1.82) is 0 Å². The number of benzene rings is 1. The van der Waals surface area contributed by atoms with Crippen LogP contribution in [-0.4, -0.2) is 19.2 Å². The predicted octanol–water partition coefficient (Wildman–Crippen LogP) is 1.62. The summed E-state index contributed by atoms with van der Waals surface area (Å²) in [6, 6.07) is 8.48. The molecule has 0 fully saturated rings. The topological polar surface area (TPSA) is 61.1 Å². The van der Waals surface area contributed by atoms with Gasteiger partial charge in [0, 0.05) is 20.0 Å². The molecule has 5 heteroatoms. The monoisotopic (exact) mass is 269 g/mol. The van der Waals surface area contributed by atoms with Gasteiger partial charge in [-0.15, -0.1) is 0 Å². The second-order valence-corrected chi connectivity index (χ2v) is 5.08. The van der Waals surface area contributed by atoms with E-state index in [1.165, 1.54) is 11.1 Å². The number of rotatable bonds is 4. The molecular weight excluding hydrogens is 250 g/mol. The molecule has 0 radical (unpaired) electrons. The Morgan fingerprint density at radius 3 is 2.70 bits per heavy atom. The molecule has 0 atom stereocenters. The molecule has 0 aliphatic heterocycles. The number of hydrogen-bond acceptors (Lipinski definition) is 3. The van der Waals surface area contributed by atoms with E-state index in [-0.39, 0.29) is 0 Å². The highest BCUT2D eigenvalue weighted by atomic mass is 15.4. The van der Waals surface area contributed by atoms with Crippen molar-refractivity contribution in [2.45, 2.75) is 26.3 Å². The van der Waals surface area contributed by atoms with Gasteiger partial charge in [-0.05, 0) is 24.5 Å². The van der Waals surface area contributed by atoms with Gasteiger partial charge in [-0.25, -0.2) is 9.50 Å². The molecule has 2 aromatic heterocycles. The second kappa shape index (κ2) is 5.09. The molecule has 20 heavy (non-hydrogen) atoms. The van der Waals surface area contributed by atoms with E-state index in [0.29, 0.717) is 6.54 Å². The third kappa shape index (κ3) is 2.20. The van der Waals surface area contributed by atoms with Crippen LogP contribution in [0.15, 0.2) is 30.5 Å². The molecule has 1 aromatic carbocycles. The van der Waals surface area contributed by atoms with E-state index < -0.39 is 0 Å². The van der Waals surface area contributed by atoms with Crippen molar-refractivity contribution in [2.75, 3.05) is 0 Å². The van der Waals surface area contributed by atoms with Crippen molar-refractivity contribution in [3.8, 4) is 0 Å². The van der Waals surface area contributed by atoms with Crippen molar-refractivity contribution in [3.05, 3.63) is 53.1 Å². The number of nitrogens with zero attached hydrogens (tertiary/aromatic N) is 4. The SMILES string of the molecule is Cc1ccccc1CCc1nn2cc(CN)nc2n1C. The molecule has 3 rings (SSSR count). The van der Waals surface area contributed by atoms with Crippen LogP contribution in [0.3, 0.4) is 0 Å². The largest absolute Gasteiger partial charge is 0.325 e. The van der Waals surface area contributed by atoms with Crippen LogP contribution >= 0.6 is 0 Å². The molecule has 0 aliphatic carbocycles. The normalized spacial score (nSPS) is 11.3. The number of hydrogen-bond donors (Lipinski definition) is 1. The zero-order valence-corrected chi connectivity index (χ0v) is 11.9. The van der Waals surface area contributed by atoms with E-state index in [9.17, 15) is 0 Å². The Labute approximate surface area is 118 Å². The van der Waals surface area contributed by atoms with Gasteiger partial charge in [0.15, 0.2) is 0 Å². The summed E-state index contributed by atoms with van der Waals surface area (Å²) >= 11 is 0. The Balaban J connectivity index is 1.83. The lowest BCUT2D eigenvalue weighted by Crippen LogP contribution is -2.03. The summed E-state index contributed by atoms with van der Waals surface area (Å²) in [5, 5.41) is 4.59. The molecule has 0 unspecified atom stereocenters. The Morgan fingerprint density at radius 1 is 1.20 bits per heavy atom. The average molecular weight is 269 g/mol. The summed E-state index contributed by atoms with van der Waals surface area (Å²) in [5.74, 6) is 1.89. The smallest absolute Gasteiger partial charge is 0.232 e. The molecule has 5 nitrogen and oxygen atoms in total. The van der Waals surface area contributed by atoms with Gasteiger partial charge in [0.1, 0.15) is 5.82 Å². The first-order valence-corrected chi connectivity index (χ1v) is 6.83. The van der Waals surface area contributed by atoms with Crippen LogP contribution in [0, 0.1) is 6.92 Å². The summed E-state index contributed by atoms with van der Waals surface area (Å²) in [6.45, 7) is 2.59. The van der Waals surface area contributed by atoms with Gasteiger partial charge in [-0.1, -0.05) is 24.3 Å². The van der Waals surface area contributed by atoms with Crippen LogP contribution in [0.25, 0.3) is 5.78 Å². The van der Waals surface area contributed by atoms with Crippen molar-refractivity contribution in [1.82, 2.24) is 19.2 Å². The van der Waals surface area contributed by atoms with E-state index in [2.05, 4.69) is 41.3 Å². The summed E-state index contributed by atoms with van der Waals surface area (Å²) in [5.41, 5.74) is 9.17. The quantitative estimate of drug-likeness (QED) is 0.783. The third-order valence-electron chi connectivity index (χ3n) is 3.72. The molecule has 0 bridgehead atoms. The van der Waals surface area contributed by atoms with Gasteiger partial charge in [0.25, 0.3) is 0 Å². The van der Waals surface area contributed by atoms with Gasteiger partial charge in [-0.3, -0.25) is 0 Å². The molecule has 104 valence electrons. The highest BCUT2D eigenvalue weighted by Gasteiger charge is 2.11. The highest BCUT2D eigenvalue weighted by molar-refractivity contribution is 5.32. The first-order chi connectivity index (χ1) is 9.69. The van der Waals surface area contributed by atoms with Gasteiger partial charge < -0.3 is 10.3 Å². The van der Waals surface area contributed by atoms with Crippen LogP contribution in [-0.2, 0) is 26.4 Å². The fourth-order valence-electron chi connectivity index (χ4n) is 2.47. The maximum absolute atomic E-state index is 5.60. The first kappa shape index (κ1) is 12.9.